The molecule has 9 heteroatoms. The molecular weight excluding hydrogens is 429 g/mol. The third-order valence-corrected chi connectivity index (χ3v) is 4.65. The standard InChI is InChI=1S/C21H23Cl2N3O4/c1-3-30-16-7-4-14(5-8-16)13(2)26-20(28)12-24-19(27)11-25-21(29)17-9-6-15(22)10-18(17)23/h4-10,13H,3,11-12H2,1-2H3,(H,24,27)(H,25,29)(H,26,28)/t13-/m0/s1. The van der Waals surface area contributed by atoms with Crippen LogP contribution in [0.1, 0.15) is 35.8 Å². The fourth-order valence-electron chi connectivity index (χ4n) is 2.57. The monoisotopic (exact) mass is 451 g/mol. The Labute approximate surface area is 185 Å². The average molecular weight is 452 g/mol. The van der Waals surface area contributed by atoms with E-state index in [1.165, 1.54) is 18.2 Å². The van der Waals surface area contributed by atoms with Crippen LogP contribution in [0.25, 0.3) is 0 Å². The Morgan fingerprint density at radius 3 is 2.27 bits per heavy atom. The molecular formula is C21H23Cl2N3O4. The van der Waals surface area contributed by atoms with E-state index in [2.05, 4.69) is 16.0 Å². The highest BCUT2D eigenvalue weighted by atomic mass is 35.5. The average Bonchev–Trinajstić information content (AvgIpc) is 2.71. The van der Waals surface area contributed by atoms with Crippen molar-refractivity contribution < 1.29 is 19.1 Å². The molecule has 0 radical (unpaired) electrons. The Morgan fingerprint density at radius 1 is 0.967 bits per heavy atom. The molecule has 7 nitrogen and oxygen atoms in total. The first-order chi connectivity index (χ1) is 14.3. The molecule has 3 amide bonds. The topological polar surface area (TPSA) is 96.5 Å². The maximum absolute atomic E-state index is 12.1. The largest absolute Gasteiger partial charge is 0.494 e. The summed E-state index contributed by atoms with van der Waals surface area (Å²) in [6, 6.07) is 11.6. The van der Waals surface area contributed by atoms with Gasteiger partial charge in [-0.05, 0) is 49.7 Å². The van der Waals surface area contributed by atoms with Gasteiger partial charge in [0.15, 0.2) is 0 Å². The molecule has 0 fully saturated rings. The summed E-state index contributed by atoms with van der Waals surface area (Å²) < 4.78 is 5.39. The van der Waals surface area contributed by atoms with Crippen LogP contribution < -0.4 is 20.7 Å². The smallest absolute Gasteiger partial charge is 0.253 e. The summed E-state index contributed by atoms with van der Waals surface area (Å²) in [6.45, 7) is 3.82. The third kappa shape index (κ3) is 7.24. The molecule has 160 valence electrons. The van der Waals surface area contributed by atoms with Crippen LogP contribution in [0.15, 0.2) is 42.5 Å². The predicted molar refractivity (Wildman–Crippen MR) is 116 cm³/mol. The molecule has 2 aromatic carbocycles. The first kappa shape index (κ1) is 23.5. The summed E-state index contributed by atoms with van der Waals surface area (Å²) in [6.07, 6.45) is 0. The van der Waals surface area contributed by atoms with Gasteiger partial charge in [0.2, 0.25) is 11.8 Å². The van der Waals surface area contributed by atoms with Gasteiger partial charge in [0.05, 0.1) is 36.3 Å². The number of rotatable bonds is 9. The summed E-state index contributed by atoms with van der Waals surface area (Å²) in [5, 5.41) is 8.28. The number of hydrogen-bond donors (Lipinski definition) is 3. The zero-order valence-corrected chi connectivity index (χ0v) is 18.1. The van der Waals surface area contributed by atoms with Crippen molar-refractivity contribution >= 4 is 40.9 Å². The molecule has 0 aliphatic rings. The SMILES string of the molecule is CCOc1ccc([C@H](C)NC(=O)CNC(=O)CNC(=O)c2ccc(Cl)cc2Cl)cc1. The van der Waals surface area contributed by atoms with Crippen molar-refractivity contribution in [1.29, 1.82) is 0 Å². The molecule has 0 heterocycles. The van der Waals surface area contributed by atoms with Gasteiger partial charge in [0.1, 0.15) is 5.75 Å². The lowest BCUT2D eigenvalue weighted by Crippen LogP contribution is -2.42. The summed E-state index contributed by atoms with van der Waals surface area (Å²) in [5.41, 5.74) is 1.11. The number of nitrogens with one attached hydrogen (secondary N) is 3. The maximum atomic E-state index is 12.1. The van der Waals surface area contributed by atoms with Crippen LogP contribution in [0, 0.1) is 0 Å². The van der Waals surface area contributed by atoms with Crippen molar-refractivity contribution in [2.24, 2.45) is 0 Å². The van der Waals surface area contributed by atoms with Crippen molar-refractivity contribution in [2.45, 2.75) is 19.9 Å². The van der Waals surface area contributed by atoms with Crippen molar-refractivity contribution in [1.82, 2.24) is 16.0 Å². The van der Waals surface area contributed by atoms with Gasteiger partial charge in [0.25, 0.3) is 5.91 Å². The van der Waals surface area contributed by atoms with Crippen molar-refractivity contribution in [3.05, 3.63) is 63.6 Å². The fraction of sp³-hybridized carbons (Fsp3) is 0.286. The Bertz CT molecular complexity index is 904. The van der Waals surface area contributed by atoms with E-state index in [-0.39, 0.29) is 35.6 Å². The summed E-state index contributed by atoms with van der Waals surface area (Å²) in [4.78, 5) is 36.1. The normalized spacial score (nSPS) is 11.3. The first-order valence-corrected chi connectivity index (χ1v) is 10.1. The lowest BCUT2D eigenvalue weighted by atomic mass is 10.1. The van der Waals surface area contributed by atoms with E-state index < -0.39 is 11.8 Å². The predicted octanol–water partition coefficient (Wildman–Crippen LogP) is 3.12. The Hall–Kier alpha value is -2.77. The molecule has 0 unspecified atom stereocenters. The molecule has 0 aliphatic heterocycles. The number of ether oxygens (including phenoxy) is 1. The Morgan fingerprint density at radius 2 is 1.63 bits per heavy atom. The zero-order chi connectivity index (χ0) is 22.1. The molecule has 1 atom stereocenters. The van der Waals surface area contributed by atoms with Gasteiger partial charge in [-0.3, -0.25) is 14.4 Å². The molecule has 30 heavy (non-hydrogen) atoms. The van der Waals surface area contributed by atoms with Crippen LogP contribution in [0.3, 0.4) is 0 Å². The first-order valence-electron chi connectivity index (χ1n) is 9.32. The zero-order valence-electron chi connectivity index (χ0n) is 16.6. The van der Waals surface area contributed by atoms with Crippen LogP contribution in [0.4, 0.5) is 0 Å². The van der Waals surface area contributed by atoms with E-state index in [0.29, 0.717) is 11.6 Å². The van der Waals surface area contributed by atoms with Crippen LogP contribution in [-0.2, 0) is 9.59 Å². The highest BCUT2D eigenvalue weighted by Crippen LogP contribution is 2.20. The summed E-state index contributed by atoms with van der Waals surface area (Å²) in [5.74, 6) is -0.608. The number of benzene rings is 2. The van der Waals surface area contributed by atoms with E-state index in [0.717, 1.165) is 11.3 Å². The molecule has 2 rings (SSSR count). The maximum Gasteiger partial charge on any atom is 0.253 e. The molecule has 2 aromatic rings. The Kier molecular flexibility index (Phi) is 8.95. The van der Waals surface area contributed by atoms with Gasteiger partial charge in [-0.25, -0.2) is 0 Å². The van der Waals surface area contributed by atoms with Gasteiger partial charge in [-0.2, -0.15) is 0 Å². The second kappa shape index (κ2) is 11.4. The number of amides is 3. The molecule has 0 bridgehead atoms. The van der Waals surface area contributed by atoms with Crippen LogP contribution >= 0.6 is 23.2 Å². The fourth-order valence-corrected chi connectivity index (χ4v) is 3.06. The minimum absolute atomic E-state index is 0.183. The van der Waals surface area contributed by atoms with Crippen LogP contribution in [0.5, 0.6) is 5.75 Å². The summed E-state index contributed by atoms with van der Waals surface area (Å²) >= 11 is 11.8. The van der Waals surface area contributed by atoms with Crippen molar-refractivity contribution in [2.75, 3.05) is 19.7 Å². The lowest BCUT2D eigenvalue weighted by molar-refractivity contribution is -0.125. The number of hydrogen-bond acceptors (Lipinski definition) is 4. The molecule has 0 spiro atoms. The van der Waals surface area contributed by atoms with Crippen molar-refractivity contribution in [3.8, 4) is 5.75 Å². The molecule has 0 saturated heterocycles. The molecule has 0 saturated carbocycles. The highest BCUT2D eigenvalue weighted by molar-refractivity contribution is 6.36. The lowest BCUT2D eigenvalue weighted by Gasteiger charge is -2.15. The van der Waals surface area contributed by atoms with E-state index >= 15 is 0 Å². The van der Waals surface area contributed by atoms with Crippen LogP contribution in [-0.4, -0.2) is 37.4 Å². The van der Waals surface area contributed by atoms with E-state index in [1.54, 1.807) is 0 Å². The van der Waals surface area contributed by atoms with Gasteiger partial charge in [0, 0.05) is 5.02 Å². The Balaban J connectivity index is 1.74. The minimum atomic E-state index is -0.514. The molecule has 0 aliphatic carbocycles. The molecule has 3 N–H and O–H groups in total. The van der Waals surface area contributed by atoms with Gasteiger partial charge in [-0.15, -0.1) is 0 Å². The third-order valence-electron chi connectivity index (χ3n) is 4.10. The van der Waals surface area contributed by atoms with E-state index in [4.69, 9.17) is 27.9 Å². The van der Waals surface area contributed by atoms with Gasteiger partial charge >= 0.3 is 0 Å². The number of carbonyl (C=O) groups is 3. The van der Waals surface area contributed by atoms with Gasteiger partial charge in [-0.1, -0.05) is 35.3 Å². The molecule has 0 aromatic heterocycles. The second-order valence-electron chi connectivity index (χ2n) is 6.37. The quantitative estimate of drug-likeness (QED) is 0.545. The number of carbonyl (C=O) groups excluding carboxylic acids is 3. The van der Waals surface area contributed by atoms with Crippen molar-refractivity contribution in [3.63, 3.8) is 0 Å². The van der Waals surface area contributed by atoms with E-state index in [9.17, 15) is 14.4 Å². The second-order valence-corrected chi connectivity index (χ2v) is 7.22. The number of halogens is 2. The highest BCUT2D eigenvalue weighted by Gasteiger charge is 2.14. The van der Waals surface area contributed by atoms with Crippen LogP contribution in [0.2, 0.25) is 10.0 Å². The van der Waals surface area contributed by atoms with Gasteiger partial charge < -0.3 is 20.7 Å². The summed E-state index contributed by atoms with van der Waals surface area (Å²) in [7, 11) is 0. The van der Waals surface area contributed by atoms with E-state index in [1.807, 2.05) is 38.1 Å². The minimum Gasteiger partial charge on any atom is -0.494 e.